The Kier molecular flexibility index (Phi) is 6.70. The molecule has 0 amide bonds. The van der Waals surface area contributed by atoms with E-state index in [1.165, 1.54) is 17.3 Å². The Labute approximate surface area is 173 Å². The summed E-state index contributed by atoms with van der Waals surface area (Å²) in [6.45, 7) is 15.0. The zero-order valence-electron chi connectivity index (χ0n) is 19.2. The average Bonchev–Trinajstić information content (AvgIpc) is 2.95. The molecule has 1 aliphatic rings. The lowest BCUT2D eigenvalue weighted by Gasteiger charge is -2.36. The van der Waals surface area contributed by atoms with Crippen molar-refractivity contribution in [3.8, 4) is 0 Å². The number of allylic oxidation sites excluding steroid dienone is 1. The second kappa shape index (κ2) is 8.37. The van der Waals surface area contributed by atoms with Crippen molar-refractivity contribution in [1.82, 2.24) is 9.38 Å². The lowest BCUT2D eigenvalue weighted by atomic mass is 9.88. The summed E-state index contributed by atoms with van der Waals surface area (Å²) in [5, 5.41) is 0. The van der Waals surface area contributed by atoms with Crippen LogP contribution in [0.15, 0.2) is 16.8 Å². The summed E-state index contributed by atoms with van der Waals surface area (Å²) in [6, 6.07) is 0. The third-order valence-corrected chi connectivity index (χ3v) is 6.37. The fourth-order valence-corrected chi connectivity index (χ4v) is 5.03. The van der Waals surface area contributed by atoms with Crippen LogP contribution >= 0.6 is 0 Å². The zero-order valence-corrected chi connectivity index (χ0v) is 19.2. The number of esters is 1. The number of nitrogens with zero attached hydrogens (tertiary/aromatic N) is 2. The van der Waals surface area contributed by atoms with Crippen molar-refractivity contribution in [2.24, 2.45) is 7.05 Å². The predicted octanol–water partition coefficient (Wildman–Crippen LogP) is 5.22. The Hall–Kier alpha value is -2.05. The number of carbonyl (C=O) groups is 1. The quantitative estimate of drug-likeness (QED) is 0.480. The van der Waals surface area contributed by atoms with Gasteiger partial charge in [-0.15, -0.1) is 0 Å². The molecule has 0 aliphatic carbocycles. The molecule has 160 valence electrons. The maximum atomic E-state index is 14.3. The summed E-state index contributed by atoms with van der Waals surface area (Å²) in [7, 11) is -0.726. The van der Waals surface area contributed by atoms with Gasteiger partial charge < -0.3 is 14.1 Å². The van der Waals surface area contributed by atoms with Gasteiger partial charge in [0.25, 0.3) is 0 Å². The molecular weight excluding hydrogens is 373 g/mol. The van der Waals surface area contributed by atoms with E-state index >= 15 is 0 Å². The van der Waals surface area contributed by atoms with Gasteiger partial charge in [0, 0.05) is 36.5 Å². The van der Waals surface area contributed by atoms with Gasteiger partial charge in [0.15, 0.2) is 0 Å². The maximum Gasteiger partial charge on any atom is 0.673 e. The van der Waals surface area contributed by atoms with Crippen LogP contribution in [0.5, 0.6) is 0 Å². The lowest BCUT2D eigenvalue weighted by molar-refractivity contribution is -0.139. The predicted molar refractivity (Wildman–Crippen MR) is 115 cm³/mol. The van der Waals surface area contributed by atoms with E-state index in [-0.39, 0.29) is 6.61 Å². The molecule has 29 heavy (non-hydrogen) atoms. The third kappa shape index (κ3) is 3.76. The van der Waals surface area contributed by atoms with E-state index in [4.69, 9.17) is 4.74 Å². The van der Waals surface area contributed by atoms with E-state index < -0.39 is 18.9 Å². The highest BCUT2D eigenvalue weighted by Gasteiger charge is 2.48. The van der Waals surface area contributed by atoms with E-state index in [0.29, 0.717) is 17.7 Å². The molecule has 0 spiro atoms. The standard InChI is InChI=1S/C22H33BF2N2O2/c1-10-17-13(3)20(26(9)15(17)5)18(12-29-16(6)28)21-14(4)19(11-2)22(7,8)27(21)23(24)25/h10-12H2,1-9H3/b21-18-. The molecule has 4 nitrogen and oxygen atoms in total. The second-order valence-corrected chi connectivity index (χ2v) is 8.22. The van der Waals surface area contributed by atoms with E-state index in [1.807, 2.05) is 53.2 Å². The number of carbonyl (C=O) groups excluding carboxylic acids is 1. The van der Waals surface area contributed by atoms with Crippen molar-refractivity contribution < 1.29 is 18.2 Å². The SMILES string of the molecule is CCC1=C(C)/C(=C(\COC(C)=O)c2c(C)c(CC)c(C)n2C)N(B(F)F)C1(C)C. The highest BCUT2D eigenvalue weighted by atomic mass is 19.2. The van der Waals surface area contributed by atoms with Gasteiger partial charge >= 0.3 is 13.4 Å². The van der Waals surface area contributed by atoms with Crippen LogP contribution in [0.1, 0.15) is 70.5 Å². The molecule has 0 bridgehead atoms. The van der Waals surface area contributed by atoms with Crippen LogP contribution in [-0.2, 0) is 23.0 Å². The smallest absolute Gasteiger partial charge is 0.461 e. The molecule has 0 radical (unpaired) electrons. The Bertz CT molecular complexity index is 882. The minimum absolute atomic E-state index is 0.0421. The largest absolute Gasteiger partial charge is 0.673 e. The van der Waals surface area contributed by atoms with Gasteiger partial charge in [-0.3, -0.25) is 13.4 Å². The van der Waals surface area contributed by atoms with Crippen molar-refractivity contribution >= 4 is 18.9 Å². The van der Waals surface area contributed by atoms with Gasteiger partial charge in [-0.2, -0.15) is 0 Å². The first-order valence-electron chi connectivity index (χ1n) is 10.2. The normalized spacial score (nSPS) is 17.8. The van der Waals surface area contributed by atoms with Gasteiger partial charge in [0.05, 0.1) is 5.69 Å². The molecular formula is C22H33BF2N2O2. The summed E-state index contributed by atoms with van der Waals surface area (Å²) in [5.41, 5.74) is 6.32. The lowest BCUT2D eigenvalue weighted by Crippen LogP contribution is -2.46. The molecule has 1 aromatic rings. The first-order chi connectivity index (χ1) is 13.4. The first-order valence-corrected chi connectivity index (χ1v) is 10.2. The number of ether oxygens (including phenoxy) is 1. The van der Waals surface area contributed by atoms with Crippen molar-refractivity contribution in [3.63, 3.8) is 0 Å². The molecule has 0 saturated carbocycles. The van der Waals surface area contributed by atoms with Gasteiger partial charge in [-0.25, -0.2) is 0 Å². The first kappa shape index (κ1) is 23.2. The molecule has 0 N–H and O–H groups in total. The number of hydrogen-bond acceptors (Lipinski definition) is 3. The third-order valence-electron chi connectivity index (χ3n) is 6.37. The highest BCUT2D eigenvalue weighted by Crippen LogP contribution is 2.47. The Morgan fingerprint density at radius 2 is 1.72 bits per heavy atom. The highest BCUT2D eigenvalue weighted by molar-refractivity contribution is 6.40. The number of halogens is 2. The van der Waals surface area contributed by atoms with Crippen LogP contribution < -0.4 is 0 Å². The van der Waals surface area contributed by atoms with Crippen LogP contribution in [0.2, 0.25) is 0 Å². The summed E-state index contributed by atoms with van der Waals surface area (Å²) in [5.74, 6) is -0.430. The topological polar surface area (TPSA) is 34.5 Å². The molecule has 0 unspecified atom stereocenters. The average molecular weight is 406 g/mol. The van der Waals surface area contributed by atoms with Crippen LogP contribution in [0.25, 0.3) is 5.57 Å². The second-order valence-electron chi connectivity index (χ2n) is 8.22. The van der Waals surface area contributed by atoms with E-state index in [1.54, 1.807) is 0 Å². The van der Waals surface area contributed by atoms with Crippen molar-refractivity contribution in [2.45, 2.75) is 73.8 Å². The van der Waals surface area contributed by atoms with Crippen LogP contribution in [0.4, 0.5) is 8.63 Å². The molecule has 0 fully saturated rings. The fraction of sp³-hybridized carbons (Fsp3) is 0.591. The minimum Gasteiger partial charge on any atom is -0.461 e. The van der Waals surface area contributed by atoms with Gasteiger partial charge in [-0.1, -0.05) is 13.8 Å². The summed E-state index contributed by atoms with van der Waals surface area (Å²) in [4.78, 5) is 12.8. The molecule has 0 saturated heterocycles. The summed E-state index contributed by atoms with van der Waals surface area (Å²) < 4.78 is 36.1. The Balaban J connectivity index is 2.93. The van der Waals surface area contributed by atoms with Gasteiger partial charge in [-0.05, 0) is 69.7 Å². The van der Waals surface area contributed by atoms with Gasteiger partial charge in [0.2, 0.25) is 0 Å². The Morgan fingerprint density at radius 3 is 2.14 bits per heavy atom. The molecule has 7 heteroatoms. The maximum absolute atomic E-state index is 14.3. The summed E-state index contributed by atoms with van der Waals surface area (Å²) in [6.07, 6.45) is 1.53. The molecule has 1 aliphatic heterocycles. The number of hydrogen-bond donors (Lipinski definition) is 0. The molecule has 0 atom stereocenters. The number of aromatic nitrogens is 1. The fourth-order valence-electron chi connectivity index (χ4n) is 5.03. The Morgan fingerprint density at radius 1 is 1.14 bits per heavy atom. The monoisotopic (exact) mass is 406 g/mol. The van der Waals surface area contributed by atoms with Crippen LogP contribution in [0.3, 0.4) is 0 Å². The molecule has 2 heterocycles. The van der Waals surface area contributed by atoms with E-state index in [0.717, 1.165) is 34.5 Å². The molecule has 0 aromatic carbocycles. The van der Waals surface area contributed by atoms with Crippen molar-refractivity contribution in [2.75, 3.05) is 6.61 Å². The van der Waals surface area contributed by atoms with E-state index in [9.17, 15) is 13.4 Å². The summed E-state index contributed by atoms with van der Waals surface area (Å²) >= 11 is 0. The molecule has 2 rings (SSSR count). The van der Waals surface area contributed by atoms with Crippen LogP contribution in [-0.4, -0.2) is 34.9 Å². The van der Waals surface area contributed by atoms with Crippen LogP contribution in [0, 0.1) is 13.8 Å². The number of rotatable bonds is 6. The molecule has 1 aromatic heterocycles. The van der Waals surface area contributed by atoms with Gasteiger partial charge in [0.1, 0.15) is 6.61 Å². The zero-order chi connectivity index (χ0) is 22.3. The van der Waals surface area contributed by atoms with Crippen molar-refractivity contribution in [3.05, 3.63) is 39.4 Å². The minimum atomic E-state index is -2.67. The van der Waals surface area contributed by atoms with E-state index in [2.05, 4.69) is 6.92 Å². The van der Waals surface area contributed by atoms with Crippen molar-refractivity contribution in [1.29, 1.82) is 0 Å².